The van der Waals surface area contributed by atoms with Gasteiger partial charge in [-0.05, 0) is 91.5 Å². The largest absolute Gasteiger partial charge is 0.310 e. The van der Waals surface area contributed by atoms with E-state index in [0.29, 0.717) is 5.92 Å². The Morgan fingerprint density at radius 1 is 0.434 bits per heavy atom. The molecule has 7 aromatic carbocycles. The Morgan fingerprint density at radius 3 is 1.68 bits per heavy atom. The summed E-state index contributed by atoms with van der Waals surface area (Å²) in [6, 6.07) is 61.5. The maximum Gasteiger partial charge on any atom is 0.0540 e. The van der Waals surface area contributed by atoms with E-state index in [1.165, 1.54) is 83.8 Å². The van der Waals surface area contributed by atoms with Crippen molar-refractivity contribution in [1.82, 2.24) is 0 Å². The smallest absolute Gasteiger partial charge is 0.0540 e. The average Bonchev–Trinajstić information content (AvgIpc) is 3.77. The highest BCUT2D eigenvalue weighted by Crippen LogP contribution is 2.66. The van der Waals surface area contributed by atoms with Gasteiger partial charge in [-0.15, -0.1) is 0 Å². The van der Waals surface area contributed by atoms with Gasteiger partial charge in [0.25, 0.3) is 0 Å². The average molecular weight is 678 g/mol. The van der Waals surface area contributed by atoms with Crippen LogP contribution in [0.1, 0.15) is 53.1 Å². The van der Waals surface area contributed by atoms with Gasteiger partial charge in [0.05, 0.1) is 11.1 Å². The van der Waals surface area contributed by atoms with Gasteiger partial charge >= 0.3 is 0 Å². The van der Waals surface area contributed by atoms with Gasteiger partial charge in [0, 0.05) is 34.2 Å². The third kappa shape index (κ3) is 4.08. The molecule has 0 amide bonds. The van der Waals surface area contributed by atoms with Crippen LogP contribution >= 0.6 is 0 Å². The molecule has 7 aromatic rings. The monoisotopic (exact) mass is 677 g/mol. The van der Waals surface area contributed by atoms with Crippen LogP contribution in [0.5, 0.6) is 0 Å². The molecule has 2 unspecified atom stereocenters. The number of hydrogen-bond acceptors (Lipinski definition) is 1. The zero-order valence-corrected chi connectivity index (χ0v) is 30.0. The van der Waals surface area contributed by atoms with Crippen LogP contribution in [0.3, 0.4) is 0 Å². The molecule has 0 aliphatic heterocycles. The highest BCUT2D eigenvalue weighted by atomic mass is 15.1. The molecule has 0 fully saturated rings. The Labute approximate surface area is 312 Å². The fourth-order valence-corrected chi connectivity index (χ4v) is 10.5. The predicted octanol–water partition coefficient (Wildman–Crippen LogP) is 13.3. The Kier molecular flexibility index (Phi) is 6.41. The molecule has 252 valence electrons. The molecule has 0 bridgehead atoms. The van der Waals surface area contributed by atoms with Crippen LogP contribution in [-0.4, -0.2) is 0 Å². The second kappa shape index (κ2) is 11.2. The highest BCUT2D eigenvalue weighted by molar-refractivity contribution is 5.92. The van der Waals surface area contributed by atoms with E-state index >= 15 is 0 Å². The van der Waals surface area contributed by atoms with Crippen molar-refractivity contribution in [1.29, 1.82) is 0 Å². The van der Waals surface area contributed by atoms with E-state index in [2.05, 4.69) is 207 Å². The van der Waals surface area contributed by atoms with Crippen LogP contribution in [0.15, 0.2) is 188 Å². The number of allylic oxidation sites excluding steroid dienone is 4. The van der Waals surface area contributed by atoms with Gasteiger partial charge in [-0.2, -0.15) is 0 Å². The van der Waals surface area contributed by atoms with Crippen molar-refractivity contribution in [2.45, 2.75) is 30.6 Å². The Morgan fingerprint density at radius 2 is 0.962 bits per heavy atom. The minimum atomic E-state index is -0.295. The zero-order chi connectivity index (χ0) is 35.3. The number of para-hydroxylation sites is 1. The van der Waals surface area contributed by atoms with E-state index in [1.807, 2.05) is 0 Å². The number of rotatable bonds is 4. The van der Waals surface area contributed by atoms with E-state index in [-0.39, 0.29) is 16.7 Å². The summed E-state index contributed by atoms with van der Waals surface area (Å²) in [5.74, 6) is 0.583. The summed E-state index contributed by atoms with van der Waals surface area (Å²) in [7, 11) is 0. The van der Waals surface area contributed by atoms with Gasteiger partial charge in [-0.3, -0.25) is 0 Å². The lowest BCUT2D eigenvalue weighted by molar-refractivity contribution is 0.465. The lowest BCUT2D eigenvalue weighted by Crippen LogP contribution is -2.33. The van der Waals surface area contributed by atoms with Crippen LogP contribution in [0.2, 0.25) is 0 Å². The van der Waals surface area contributed by atoms with Crippen LogP contribution < -0.4 is 4.90 Å². The molecule has 1 nitrogen and oxygen atoms in total. The number of anilines is 3. The molecule has 2 atom stereocenters. The fraction of sp³-hybridized carbons (Fsp3) is 0.115. The molecule has 53 heavy (non-hydrogen) atoms. The van der Waals surface area contributed by atoms with Crippen molar-refractivity contribution in [3.8, 4) is 33.4 Å². The third-order valence-electron chi connectivity index (χ3n) is 12.8. The molecule has 11 rings (SSSR count). The van der Waals surface area contributed by atoms with Crippen molar-refractivity contribution in [3.63, 3.8) is 0 Å². The second-order valence-electron chi connectivity index (χ2n) is 15.6. The summed E-state index contributed by atoms with van der Waals surface area (Å²) in [4.78, 5) is 2.52. The number of nitrogens with zero attached hydrogens (tertiary/aromatic N) is 1. The van der Waals surface area contributed by atoms with Crippen molar-refractivity contribution in [2.24, 2.45) is 5.92 Å². The van der Waals surface area contributed by atoms with Crippen molar-refractivity contribution < 1.29 is 0 Å². The van der Waals surface area contributed by atoms with Crippen LogP contribution in [0.25, 0.3) is 33.4 Å². The van der Waals surface area contributed by atoms with Gasteiger partial charge in [-0.25, -0.2) is 0 Å². The topological polar surface area (TPSA) is 3.24 Å². The maximum absolute atomic E-state index is 2.54. The predicted molar refractivity (Wildman–Crippen MR) is 220 cm³/mol. The minimum Gasteiger partial charge on any atom is -0.310 e. The molecule has 4 aliphatic rings. The minimum absolute atomic E-state index is 0.111. The van der Waals surface area contributed by atoms with Gasteiger partial charge in [0.1, 0.15) is 0 Å². The van der Waals surface area contributed by atoms with E-state index in [9.17, 15) is 0 Å². The molecular weight excluding hydrogens is 639 g/mol. The first-order valence-electron chi connectivity index (χ1n) is 18.9. The van der Waals surface area contributed by atoms with Gasteiger partial charge in [-0.1, -0.05) is 172 Å². The van der Waals surface area contributed by atoms with Crippen molar-refractivity contribution in [2.75, 3.05) is 4.90 Å². The molecule has 0 saturated carbocycles. The number of fused-ring (bicyclic) bond motifs is 13. The Balaban J connectivity index is 1.19. The summed E-state index contributed by atoms with van der Waals surface area (Å²) >= 11 is 0. The van der Waals surface area contributed by atoms with Crippen LogP contribution in [0.4, 0.5) is 17.1 Å². The quantitative estimate of drug-likeness (QED) is 0.179. The van der Waals surface area contributed by atoms with Gasteiger partial charge in [0.2, 0.25) is 0 Å². The summed E-state index contributed by atoms with van der Waals surface area (Å²) in [6.07, 6.45) is 9.43. The zero-order valence-electron chi connectivity index (χ0n) is 30.0. The molecular formula is C52H39N. The molecule has 4 aliphatic carbocycles. The lowest BCUT2D eigenvalue weighted by Gasteiger charge is -2.36. The molecule has 1 heteroatoms. The molecule has 0 aromatic heterocycles. The highest BCUT2D eigenvalue weighted by Gasteiger charge is 2.57. The third-order valence-corrected chi connectivity index (χ3v) is 12.8. The van der Waals surface area contributed by atoms with E-state index < -0.39 is 0 Å². The molecule has 1 spiro atoms. The Bertz CT molecular complexity index is 2630. The van der Waals surface area contributed by atoms with Crippen LogP contribution in [-0.2, 0) is 10.8 Å². The first-order valence-corrected chi connectivity index (χ1v) is 18.9. The second-order valence-corrected chi connectivity index (χ2v) is 15.6. The SMILES string of the molecule is CC1(C)c2ccccc2-c2ccc(N(c3ccc4c(c3)C3(c5ccccc5-c5ccccc53)C3C=CC=CC43)c3ccccc3-c3ccccc3)cc21. The summed E-state index contributed by atoms with van der Waals surface area (Å²) in [6.45, 7) is 4.75. The van der Waals surface area contributed by atoms with Gasteiger partial charge < -0.3 is 4.90 Å². The summed E-state index contributed by atoms with van der Waals surface area (Å²) < 4.78 is 0. The number of hydrogen-bond donors (Lipinski definition) is 0. The van der Waals surface area contributed by atoms with Gasteiger partial charge in [0.15, 0.2) is 0 Å². The molecule has 0 saturated heterocycles. The summed E-state index contributed by atoms with van der Waals surface area (Å²) in [5, 5.41) is 0. The Hall–Kier alpha value is -6.18. The normalized spacial score (nSPS) is 18.5. The van der Waals surface area contributed by atoms with Crippen molar-refractivity contribution >= 4 is 17.1 Å². The fourth-order valence-electron chi connectivity index (χ4n) is 10.5. The van der Waals surface area contributed by atoms with Crippen LogP contribution in [0, 0.1) is 5.92 Å². The van der Waals surface area contributed by atoms with E-state index in [4.69, 9.17) is 0 Å². The first-order chi connectivity index (χ1) is 26.1. The van der Waals surface area contributed by atoms with E-state index in [1.54, 1.807) is 0 Å². The number of benzene rings is 7. The lowest BCUT2D eigenvalue weighted by atomic mass is 9.65. The van der Waals surface area contributed by atoms with E-state index in [0.717, 1.165) is 0 Å². The molecule has 0 N–H and O–H groups in total. The maximum atomic E-state index is 2.54. The first kappa shape index (κ1) is 30.4. The summed E-state index contributed by atoms with van der Waals surface area (Å²) in [5.41, 5.74) is 19.4. The van der Waals surface area contributed by atoms with Crippen molar-refractivity contribution in [3.05, 3.63) is 221 Å². The molecule has 0 radical (unpaired) electrons. The molecule has 0 heterocycles. The standard InChI is InChI=1S/C52H39N/c1-51(2)44-23-11-6-19-38(44)42-30-28-35(32-48(42)51)53(50-27-15-10-18-37(50)34-16-4-3-5-17-34)36-29-31-43-41-22-9-14-26-47(41)52(49(43)33-36)45-24-12-7-20-39(45)40-21-8-13-25-46(40)52/h3-33,41,47H,1-2H3.